The van der Waals surface area contributed by atoms with Gasteiger partial charge in [-0.05, 0) is 0 Å². The van der Waals surface area contributed by atoms with E-state index in [2.05, 4.69) is 9.97 Å². The fourth-order valence-electron chi connectivity index (χ4n) is 0.526. The molecule has 0 aliphatic heterocycles. The van der Waals surface area contributed by atoms with Gasteiger partial charge in [-0.15, -0.1) is 0 Å². The van der Waals surface area contributed by atoms with Gasteiger partial charge in [-0.3, -0.25) is 14.6 Å². The summed E-state index contributed by atoms with van der Waals surface area (Å²) in [5.74, 6) is -0.497. The predicted octanol–water partition coefficient (Wildman–Crippen LogP) is -1.21. The molecule has 0 saturated heterocycles. The van der Waals surface area contributed by atoms with E-state index in [0.29, 0.717) is 12.6 Å². The van der Waals surface area contributed by atoms with Gasteiger partial charge in [0, 0.05) is 0 Å². The number of H-pyrrole nitrogens is 1. The molecule has 0 unspecified atom stereocenters. The Labute approximate surface area is 60.3 Å². The van der Waals surface area contributed by atoms with Gasteiger partial charge in [-0.2, -0.15) is 4.98 Å². The van der Waals surface area contributed by atoms with Crippen molar-refractivity contribution in [1.82, 2.24) is 15.0 Å². The summed E-state index contributed by atoms with van der Waals surface area (Å²) in [6.07, 6.45) is 0.623. The third-order valence-corrected chi connectivity index (χ3v) is 0.903. The smallest absolute Gasteiger partial charge is 0.294 e. The van der Waals surface area contributed by atoms with E-state index in [0.717, 1.165) is 0 Å². The summed E-state index contributed by atoms with van der Waals surface area (Å²) in [6.45, 7) is 0. The first-order valence-electron chi connectivity index (χ1n) is 2.65. The summed E-state index contributed by atoms with van der Waals surface area (Å²) < 4.78 is 0. The Kier molecular flexibility index (Phi) is 1.86. The Morgan fingerprint density at radius 3 is 2.45 bits per heavy atom. The van der Waals surface area contributed by atoms with Crippen molar-refractivity contribution in [2.75, 3.05) is 0 Å². The number of hydrogen-bond acceptors (Lipinski definition) is 5. The molecule has 0 amide bonds. The predicted molar refractivity (Wildman–Crippen MR) is 33.4 cm³/mol. The molecule has 0 aliphatic rings. The van der Waals surface area contributed by atoms with Crippen molar-refractivity contribution in [2.45, 2.75) is 0 Å². The van der Waals surface area contributed by atoms with Crippen LogP contribution in [0.15, 0.2) is 4.79 Å². The summed E-state index contributed by atoms with van der Waals surface area (Å²) in [6, 6.07) is 0. The van der Waals surface area contributed by atoms with Crippen LogP contribution in [-0.2, 0) is 0 Å². The number of hydrogen-bond donors (Lipinski definition) is 1. The highest BCUT2D eigenvalue weighted by Gasteiger charge is 1.98. The van der Waals surface area contributed by atoms with E-state index in [9.17, 15) is 14.4 Å². The van der Waals surface area contributed by atoms with Crippen LogP contribution >= 0.6 is 0 Å². The summed E-state index contributed by atoms with van der Waals surface area (Å²) in [5, 5.41) is 0. The van der Waals surface area contributed by atoms with Gasteiger partial charge in [-0.25, -0.2) is 9.78 Å². The third kappa shape index (κ3) is 1.54. The van der Waals surface area contributed by atoms with Crippen LogP contribution in [0.2, 0.25) is 0 Å². The summed E-state index contributed by atoms with van der Waals surface area (Å²) in [7, 11) is 0. The zero-order chi connectivity index (χ0) is 8.27. The van der Waals surface area contributed by atoms with Crippen molar-refractivity contribution in [3.63, 3.8) is 0 Å². The van der Waals surface area contributed by atoms with Gasteiger partial charge in [0.15, 0.2) is 24.2 Å². The second kappa shape index (κ2) is 2.82. The fourth-order valence-corrected chi connectivity index (χ4v) is 0.526. The van der Waals surface area contributed by atoms with Crippen LogP contribution in [0.3, 0.4) is 0 Å². The first-order chi connectivity index (χ1) is 5.26. The van der Waals surface area contributed by atoms with Crippen molar-refractivity contribution >= 4 is 12.6 Å². The van der Waals surface area contributed by atoms with Crippen molar-refractivity contribution < 1.29 is 9.59 Å². The molecule has 6 heteroatoms. The molecule has 0 aromatic carbocycles. The Balaban J connectivity index is 3.33. The number of carbonyl (C=O) groups excluding carboxylic acids is 2. The average molecular weight is 153 g/mol. The molecule has 0 saturated carbocycles. The molecule has 0 fully saturated rings. The Hall–Kier alpha value is -1.85. The summed E-state index contributed by atoms with van der Waals surface area (Å²) >= 11 is 0. The SMILES string of the molecule is O=Cc1nc(C=O)[nH]c(=O)n1. The standard InChI is InChI=1S/C5H3N3O3/c9-1-3-6-4(2-10)8-5(11)7-3/h1-2H,(H,6,7,8,11). The molecular weight excluding hydrogens is 150 g/mol. The molecule has 56 valence electrons. The number of nitrogens with zero attached hydrogens (tertiary/aromatic N) is 2. The van der Waals surface area contributed by atoms with Gasteiger partial charge in [0.2, 0.25) is 0 Å². The van der Waals surface area contributed by atoms with Crippen LogP contribution in [0.1, 0.15) is 21.2 Å². The molecule has 0 bridgehead atoms. The normalized spacial score (nSPS) is 9.09. The lowest BCUT2D eigenvalue weighted by Gasteiger charge is -1.88. The van der Waals surface area contributed by atoms with E-state index in [4.69, 9.17) is 0 Å². The maximum absolute atomic E-state index is 10.5. The summed E-state index contributed by atoms with van der Waals surface area (Å²) in [5.41, 5.74) is -0.760. The van der Waals surface area contributed by atoms with E-state index in [1.54, 1.807) is 0 Å². The quantitative estimate of drug-likeness (QED) is 0.538. The van der Waals surface area contributed by atoms with Gasteiger partial charge in [0.25, 0.3) is 0 Å². The minimum Gasteiger partial charge on any atom is -0.294 e. The van der Waals surface area contributed by atoms with Crippen molar-refractivity contribution in [1.29, 1.82) is 0 Å². The average Bonchev–Trinajstić information content (AvgIpc) is 2.03. The molecule has 11 heavy (non-hydrogen) atoms. The second-order valence-electron chi connectivity index (χ2n) is 1.63. The molecule has 6 nitrogen and oxygen atoms in total. The van der Waals surface area contributed by atoms with Crippen LogP contribution < -0.4 is 5.69 Å². The molecule has 0 atom stereocenters. The molecule has 1 N–H and O–H groups in total. The number of aromatic amines is 1. The van der Waals surface area contributed by atoms with Crippen LogP contribution in [0, 0.1) is 0 Å². The molecule has 0 aliphatic carbocycles. The monoisotopic (exact) mass is 153 g/mol. The van der Waals surface area contributed by atoms with Crippen LogP contribution in [0.25, 0.3) is 0 Å². The van der Waals surface area contributed by atoms with Crippen molar-refractivity contribution in [3.8, 4) is 0 Å². The highest BCUT2D eigenvalue weighted by Crippen LogP contribution is 1.78. The van der Waals surface area contributed by atoms with E-state index >= 15 is 0 Å². The number of carbonyl (C=O) groups is 2. The van der Waals surface area contributed by atoms with Crippen molar-refractivity contribution in [3.05, 3.63) is 22.1 Å². The summed E-state index contributed by atoms with van der Waals surface area (Å²) in [4.78, 5) is 39.1. The zero-order valence-corrected chi connectivity index (χ0v) is 5.27. The number of aldehydes is 2. The first-order valence-corrected chi connectivity index (χ1v) is 2.65. The Bertz CT molecular complexity index is 314. The fraction of sp³-hybridized carbons (Fsp3) is 0. The van der Waals surface area contributed by atoms with Gasteiger partial charge >= 0.3 is 5.69 Å². The van der Waals surface area contributed by atoms with Gasteiger partial charge < -0.3 is 0 Å². The first kappa shape index (κ1) is 7.26. The van der Waals surface area contributed by atoms with E-state index < -0.39 is 5.69 Å². The number of nitrogens with one attached hydrogen (secondary N) is 1. The molecule has 1 aromatic heterocycles. The highest BCUT2D eigenvalue weighted by atomic mass is 16.1. The van der Waals surface area contributed by atoms with E-state index in [1.807, 2.05) is 4.98 Å². The third-order valence-electron chi connectivity index (χ3n) is 0.903. The molecule has 0 spiro atoms. The lowest BCUT2D eigenvalue weighted by Crippen LogP contribution is -2.17. The minimum absolute atomic E-state index is 0.202. The van der Waals surface area contributed by atoms with E-state index in [-0.39, 0.29) is 11.6 Å². The molecule has 1 rings (SSSR count). The Morgan fingerprint density at radius 2 is 1.91 bits per heavy atom. The second-order valence-corrected chi connectivity index (χ2v) is 1.63. The number of rotatable bonds is 2. The molecule has 0 radical (unpaired) electrons. The van der Waals surface area contributed by atoms with Crippen LogP contribution in [0.4, 0.5) is 0 Å². The van der Waals surface area contributed by atoms with Crippen LogP contribution in [0.5, 0.6) is 0 Å². The highest BCUT2D eigenvalue weighted by molar-refractivity contribution is 5.72. The van der Waals surface area contributed by atoms with Gasteiger partial charge in [0.05, 0.1) is 0 Å². The maximum Gasteiger partial charge on any atom is 0.348 e. The van der Waals surface area contributed by atoms with Gasteiger partial charge in [-0.1, -0.05) is 0 Å². The van der Waals surface area contributed by atoms with Gasteiger partial charge in [0.1, 0.15) is 0 Å². The number of aromatic nitrogens is 3. The van der Waals surface area contributed by atoms with E-state index in [1.165, 1.54) is 0 Å². The van der Waals surface area contributed by atoms with Crippen LogP contribution in [-0.4, -0.2) is 27.5 Å². The molecule has 1 aromatic rings. The minimum atomic E-state index is -0.760. The lowest BCUT2D eigenvalue weighted by molar-refractivity contribution is 0.110. The lowest BCUT2D eigenvalue weighted by atomic mass is 10.6. The zero-order valence-electron chi connectivity index (χ0n) is 5.27. The maximum atomic E-state index is 10.5. The topological polar surface area (TPSA) is 92.8 Å². The molecule has 1 heterocycles. The Morgan fingerprint density at radius 1 is 1.18 bits per heavy atom. The molecular formula is C5H3N3O3. The largest absolute Gasteiger partial charge is 0.348 e. The van der Waals surface area contributed by atoms with Crippen molar-refractivity contribution in [2.24, 2.45) is 0 Å².